The SMILES string of the molecule is CCN(Cc1cc(C(=O)O)oc1C)c1ccccc1. The molecule has 19 heavy (non-hydrogen) atoms. The van der Waals surface area contributed by atoms with Crippen LogP contribution in [0.15, 0.2) is 40.8 Å². The van der Waals surface area contributed by atoms with Crippen molar-refractivity contribution in [1.29, 1.82) is 0 Å². The van der Waals surface area contributed by atoms with E-state index in [-0.39, 0.29) is 5.76 Å². The van der Waals surface area contributed by atoms with E-state index in [4.69, 9.17) is 9.52 Å². The maximum Gasteiger partial charge on any atom is 0.371 e. The van der Waals surface area contributed by atoms with Gasteiger partial charge in [0.15, 0.2) is 0 Å². The molecule has 2 aromatic rings. The second-order valence-electron chi connectivity index (χ2n) is 4.35. The monoisotopic (exact) mass is 259 g/mol. The van der Waals surface area contributed by atoms with E-state index in [2.05, 4.69) is 11.8 Å². The van der Waals surface area contributed by atoms with Gasteiger partial charge in [0.1, 0.15) is 5.76 Å². The molecule has 0 amide bonds. The summed E-state index contributed by atoms with van der Waals surface area (Å²) in [6.07, 6.45) is 0. The topological polar surface area (TPSA) is 53.7 Å². The minimum Gasteiger partial charge on any atom is -0.475 e. The van der Waals surface area contributed by atoms with Gasteiger partial charge in [-0.3, -0.25) is 0 Å². The average Bonchev–Trinajstić information content (AvgIpc) is 2.78. The number of para-hydroxylation sites is 1. The van der Waals surface area contributed by atoms with Crippen LogP contribution in [0.2, 0.25) is 0 Å². The van der Waals surface area contributed by atoms with Crippen LogP contribution in [0, 0.1) is 6.92 Å². The zero-order chi connectivity index (χ0) is 13.8. The van der Waals surface area contributed by atoms with E-state index in [9.17, 15) is 4.79 Å². The molecule has 0 saturated carbocycles. The number of carboxylic acids is 1. The number of hydrogen-bond donors (Lipinski definition) is 1. The van der Waals surface area contributed by atoms with Gasteiger partial charge >= 0.3 is 5.97 Å². The lowest BCUT2D eigenvalue weighted by Gasteiger charge is -2.22. The van der Waals surface area contributed by atoms with Crippen molar-refractivity contribution >= 4 is 11.7 Å². The molecule has 0 radical (unpaired) electrons. The number of nitrogens with zero attached hydrogens (tertiary/aromatic N) is 1. The lowest BCUT2D eigenvalue weighted by molar-refractivity contribution is 0.0661. The van der Waals surface area contributed by atoms with Crippen molar-refractivity contribution in [3.8, 4) is 0 Å². The van der Waals surface area contributed by atoms with Crippen molar-refractivity contribution in [3.63, 3.8) is 0 Å². The fraction of sp³-hybridized carbons (Fsp3) is 0.267. The molecule has 1 heterocycles. The summed E-state index contributed by atoms with van der Waals surface area (Å²) in [5.74, 6) is -0.375. The Morgan fingerprint density at radius 2 is 2.00 bits per heavy atom. The van der Waals surface area contributed by atoms with Crippen LogP contribution >= 0.6 is 0 Å². The molecule has 1 N–H and O–H groups in total. The van der Waals surface area contributed by atoms with Gasteiger partial charge in [-0.05, 0) is 32.0 Å². The van der Waals surface area contributed by atoms with Crippen molar-refractivity contribution in [2.45, 2.75) is 20.4 Å². The molecule has 4 heteroatoms. The molecule has 100 valence electrons. The van der Waals surface area contributed by atoms with E-state index >= 15 is 0 Å². The molecule has 0 aliphatic carbocycles. The molecule has 0 saturated heterocycles. The lowest BCUT2D eigenvalue weighted by atomic mass is 10.2. The van der Waals surface area contributed by atoms with Crippen LogP contribution in [0.25, 0.3) is 0 Å². The summed E-state index contributed by atoms with van der Waals surface area (Å²) in [6.45, 7) is 5.35. The number of hydrogen-bond acceptors (Lipinski definition) is 3. The summed E-state index contributed by atoms with van der Waals surface area (Å²) in [5, 5.41) is 8.92. The zero-order valence-corrected chi connectivity index (χ0v) is 11.1. The van der Waals surface area contributed by atoms with Crippen molar-refractivity contribution in [1.82, 2.24) is 0 Å². The third kappa shape index (κ3) is 2.96. The average molecular weight is 259 g/mol. The predicted molar refractivity (Wildman–Crippen MR) is 73.6 cm³/mol. The standard InChI is InChI=1S/C15H17NO3/c1-3-16(13-7-5-4-6-8-13)10-12-9-14(15(17)18)19-11(12)2/h4-9H,3,10H2,1-2H3,(H,17,18). The number of aromatic carboxylic acids is 1. The highest BCUT2D eigenvalue weighted by molar-refractivity contribution is 5.84. The molecule has 0 atom stereocenters. The molecule has 0 fully saturated rings. The zero-order valence-electron chi connectivity index (χ0n) is 11.1. The second kappa shape index (κ2) is 5.61. The molecule has 0 bridgehead atoms. The smallest absolute Gasteiger partial charge is 0.371 e. The van der Waals surface area contributed by atoms with E-state index in [0.717, 1.165) is 17.8 Å². The predicted octanol–water partition coefficient (Wildman–Crippen LogP) is 3.31. The Morgan fingerprint density at radius 1 is 1.32 bits per heavy atom. The molecule has 1 aromatic carbocycles. The first kappa shape index (κ1) is 13.2. The molecular formula is C15H17NO3. The van der Waals surface area contributed by atoms with Gasteiger partial charge in [-0.1, -0.05) is 18.2 Å². The first-order valence-electron chi connectivity index (χ1n) is 6.24. The van der Waals surface area contributed by atoms with Gasteiger partial charge < -0.3 is 14.4 Å². The summed E-state index contributed by atoms with van der Waals surface area (Å²) in [6, 6.07) is 11.6. The largest absolute Gasteiger partial charge is 0.475 e. The Kier molecular flexibility index (Phi) is 3.90. The van der Waals surface area contributed by atoms with Crippen LogP contribution < -0.4 is 4.90 Å². The number of anilines is 1. The third-order valence-corrected chi connectivity index (χ3v) is 3.10. The highest BCUT2D eigenvalue weighted by Crippen LogP contribution is 2.21. The van der Waals surface area contributed by atoms with E-state index in [1.54, 1.807) is 13.0 Å². The summed E-state index contributed by atoms with van der Waals surface area (Å²) < 4.78 is 5.23. The maximum absolute atomic E-state index is 10.9. The van der Waals surface area contributed by atoms with E-state index in [0.29, 0.717) is 12.3 Å². The first-order valence-corrected chi connectivity index (χ1v) is 6.24. The fourth-order valence-corrected chi connectivity index (χ4v) is 2.01. The highest BCUT2D eigenvalue weighted by Gasteiger charge is 2.15. The fourth-order valence-electron chi connectivity index (χ4n) is 2.01. The number of carboxylic acid groups (broad SMARTS) is 1. The van der Waals surface area contributed by atoms with E-state index < -0.39 is 5.97 Å². The number of furan rings is 1. The third-order valence-electron chi connectivity index (χ3n) is 3.10. The van der Waals surface area contributed by atoms with Gasteiger partial charge in [0.2, 0.25) is 5.76 Å². The van der Waals surface area contributed by atoms with Crippen molar-refractivity contribution in [2.75, 3.05) is 11.4 Å². The molecule has 0 unspecified atom stereocenters. The minimum atomic E-state index is -1.03. The Balaban J connectivity index is 2.21. The lowest BCUT2D eigenvalue weighted by Crippen LogP contribution is -2.21. The van der Waals surface area contributed by atoms with Crippen LogP contribution in [0.4, 0.5) is 5.69 Å². The van der Waals surface area contributed by atoms with Crippen LogP contribution in [0.5, 0.6) is 0 Å². The normalized spacial score (nSPS) is 10.4. The van der Waals surface area contributed by atoms with Crippen LogP contribution in [-0.2, 0) is 6.54 Å². The van der Waals surface area contributed by atoms with Crippen LogP contribution in [0.3, 0.4) is 0 Å². The van der Waals surface area contributed by atoms with Gasteiger partial charge in [0.25, 0.3) is 0 Å². The van der Waals surface area contributed by atoms with Gasteiger partial charge in [-0.15, -0.1) is 0 Å². The Labute approximate surface area is 112 Å². The van der Waals surface area contributed by atoms with E-state index in [1.807, 2.05) is 30.3 Å². The van der Waals surface area contributed by atoms with Gasteiger partial charge in [-0.25, -0.2) is 4.79 Å². The van der Waals surface area contributed by atoms with Gasteiger partial charge in [0.05, 0.1) is 0 Å². The number of carbonyl (C=O) groups is 1. The second-order valence-corrected chi connectivity index (χ2v) is 4.35. The van der Waals surface area contributed by atoms with Gasteiger partial charge in [-0.2, -0.15) is 0 Å². The van der Waals surface area contributed by atoms with Crippen molar-refractivity contribution in [3.05, 3.63) is 53.5 Å². The number of aryl methyl sites for hydroxylation is 1. The van der Waals surface area contributed by atoms with Gasteiger partial charge in [0, 0.05) is 24.3 Å². The van der Waals surface area contributed by atoms with Crippen LogP contribution in [0.1, 0.15) is 28.8 Å². The first-order chi connectivity index (χ1) is 9.11. The summed E-state index contributed by atoms with van der Waals surface area (Å²) in [5.41, 5.74) is 2.02. The number of benzene rings is 1. The molecule has 2 rings (SSSR count). The van der Waals surface area contributed by atoms with Crippen molar-refractivity contribution < 1.29 is 14.3 Å². The Hall–Kier alpha value is -2.23. The summed E-state index contributed by atoms with van der Waals surface area (Å²) in [4.78, 5) is 13.1. The molecule has 0 spiro atoms. The Morgan fingerprint density at radius 3 is 2.53 bits per heavy atom. The molecule has 0 aliphatic heterocycles. The number of rotatable bonds is 5. The Bertz CT molecular complexity index is 560. The summed E-state index contributed by atoms with van der Waals surface area (Å²) >= 11 is 0. The maximum atomic E-state index is 10.9. The molecular weight excluding hydrogens is 242 g/mol. The highest BCUT2D eigenvalue weighted by atomic mass is 16.4. The molecule has 0 aliphatic rings. The molecule has 4 nitrogen and oxygen atoms in total. The quantitative estimate of drug-likeness (QED) is 0.895. The minimum absolute atomic E-state index is 0.00313. The van der Waals surface area contributed by atoms with E-state index in [1.165, 1.54) is 0 Å². The molecule has 1 aromatic heterocycles. The summed E-state index contributed by atoms with van der Waals surface area (Å²) in [7, 11) is 0. The van der Waals surface area contributed by atoms with Crippen molar-refractivity contribution in [2.24, 2.45) is 0 Å². The van der Waals surface area contributed by atoms with Crippen LogP contribution in [-0.4, -0.2) is 17.6 Å².